The molecule has 0 N–H and O–H groups in total. The molecule has 0 aromatic rings. The minimum absolute atomic E-state index is 0.597. The number of oxime groups is 1. The van der Waals surface area contributed by atoms with E-state index >= 15 is 0 Å². The van der Waals surface area contributed by atoms with E-state index in [-0.39, 0.29) is 0 Å². The van der Waals surface area contributed by atoms with Crippen molar-refractivity contribution in [3.8, 4) is 0 Å². The van der Waals surface area contributed by atoms with Crippen LogP contribution in [0.15, 0.2) is 5.16 Å². The minimum atomic E-state index is -3.97. The lowest BCUT2D eigenvalue weighted by molar-refractivity contribution is -0.161. The van der Waals surface area contributed by atoms with Crippen molar-refractivity contribution < 1.29 is 18.4 Å². The smallest absolute Gasteiger partial charge is 0.310 e. The summed E-state index contributed by atoms with van der Waals surface area (Å²) >= 11 is 4.31. The molecular formula is C5H4ClF2NO2. The second-order valence-corrected chi connectivity index (χ2v) is 2.51. The number of nitrogens with zero attached hydrogens (tertiary/aromatic N) is 1. The summed E-state index contributed by atoms with van der Waals surface area (Å²) in [5.41, 5.74) is 0.597. The molecule has 0 aromatic carbocycles. The highest BCUT2D eigenvalue weighted by Crippen LogP contribution is 2.21. The Labute approximate surface area is 66.0 Å². The number of carbonyl (C=O) groups is 1. The van der Waals surface area contributed by atoms with Gasteiger partial charge in [-0.05, 0) is 24.4 Å². The summed E-state index contributed by atoms with van der Waals surface area (Å²) in [6.45, 7) is 0. The molecule has 0 aliphatic heterocycles. The summed E-state index contributed by atoms with van der Waals surface area (Å²) in [5, 5.41) is -0.869. The SMILES string of the molecule is O=C(ON=C1CC1)C(F)(F)Cl. The Morgan fingerprint density at radius 1 is 1.64 bits per heavy atom. The Morgan fingerprint density at radius 2 is 2.18 bits per heavy atom. The van der Waals surface area contributed by atoms with Crippen molar-refractivity contribution in [2.45, 2.75) is 18.2 Å². The summed E-state index contributed by atoms with van der Waals surface area (Å²) in [7, 11) is 0. The third-order valence-corrected chi connectivity index (χ3v) is 1.12. The maximum absolute atomic E-state index is 11.8. The van der Waals surface area contributed by atoms with Crippen LogP contribution in [0.5, 0.6) is 0 Å². The van der Waals surface area contributed by atoms with Crippen molar-refractivity contribution in [3.63, 3.8) is 0 Å². The van der Waals surface area contributed by atoms with E-state index < -0.39 is 11.4 Å². The average Bonchev–Trinajstić information content (AvgIpc) is 2.62. The van der Waals surface area contributed by atoms with E-state index in [0.717, 1.165) is 0 Å². The van der Waals surface area contributed by atoms with Crippen molar-refractivity contribution in [2.24, 2.45) is 5.16 Å². The molecule has 0 atom stereocenters. The number of halogens is 3. The third kappa shape index (κ3) is 2.80. The summed E-state index contributed by atoms with van der Waals surface area (Å²) in [4.78, 5) is 14.0. The number of hydrogen-bond acceptors (Lipinski definition) is 3. The highest BCUT2D eigenvalue weighted by atomic mass is 35.5. The second-order valence-electron chi connectivity index (χ2n) is 2.03. The lowest BCUT2D eigenvalue weighted by atomic mass is 10.7. The van der Waals surface area contributed by atoms with Crippen LogP contribution in [-0.2, 0) is 9.63 Å². The Hall–Kier alpha value is -0.710. The summed E-state index contributed by atoms with van der Waals surface area (Å²) < 4.78 is 23.6. The fraction of sp³-hybridized carbons (Fsp3) is 0.600. The van der Waals surface area contributed by atoms with E-state index in [1.54, 1.807) is 0 Å². The van der Waals surface area contributed by atoms with Gasteiger partial charge in [0.1, 0.15) is 0 Å². The third-order valence-electron chi connectivity index (χ3n) is 0.963. The van der Waals surface area contributed by atoms with Crippen molar-refractivity contribution in [1.29, 1.82) is 0 Å². The summed E-state index contributed by atoms with van der Waals surface area (Å²) in [6.07, 6.45) is 1.39. The van der Waals surface area contributed by atoms with Crippen LogP contribution >= 0.6 is 11.6 Å². The molecule has 0 aromatic heterocycles. The predicted molar refractivity (Wildman–Crippen MR) is 33.6 cm³/mol. The first-order valence-electron chi connectivity index (χ1n) is 2.84. The van der Waals surface area contributed by atoms with Gasteiger partial charge in [0.05, 0.1) is 5.71 Å². The van der Waals surface area contributed by atoms with Crippen LogP contribution in [0, 0.1) is 0 Å². The van der Waals surface area contributed by atoms with E-state index in [1.165, 1.54) is 0 Å². The van der Waals surface area contributed by atoms with Gasteiger partial charge in [-0.25, -0.2) is 4.79 Å². The molecule has 0 spiro atoms. The van der Waals surface area contributed by atoms with Gasteiger partial charge in [-0.3, -0.25) is 0 Å². The summed E-state index contributed by atoms with van der Waals surface area (Å²) in [6, 6.07) is 0. The number of carbonyl (C=O) groups excluding carboxylic acids is 1. The van der Waals surface area contributed by atoms with E-state index in [4.69, 9.17) is 0 Å². The van der Waals surface area contributed by atoms with Gasteiger partial charge in [-0.2, -0.15) is 8.78 Å². The highest BCUT2D eigenvalue weighted by Gasteiger charge is 2.38. The maximum atomic E-state index is 11.8. The van der Waals surface area contributed by atoms with Crippen LogP contribution in [0.2, 0.25) is 0 Å². The van der Waals surface area contributed by atoms with Gasteiger partial charge in [-0.1, -0.05) is 5.16 Å². The van der Waals surface area contributed by atoms with E-state index in [0.29, 0.717) is 18.6 Å². The first-order chi connectivity index (χ1) is 5.00. The number of alkyl halides is 3. The van der Waals surface area contributed by atoms with Gasteiger partial charge in [0, 0.05) is 0 Å². The van der Waals surface area contributed by atoms with Gasteiger partial charge < -0.3 is 4.84 Å². The molecule has 0 amide bonds. The van der Waals surface area contributed by atoms with Crippen LogP contribution in [0.3, 0.4) is 0 Å². The quantitative estimate of drug-likeness (QED) is 0.370. The van der Waals surface area contributed by atoms with Gasteiger partial charge in [-0.15, -0.1) is 0 Å². The van der Waals surface area contributed by atoms with E-state index in [1.807, 2.05) is 0 Å². The molecule has 3 nitrogen and oxygen atoms in total. The molecule has 1 aliphatic rings. The van der Waals surface area contributed by atoms with E-state index in [2.05, 4.69) is 21.6 Å². The summed E-state index contributed by atoms with van der Waals surface area (Å²) in [5.74, 6) is -1.83. The zero-order chi connectivity index (χ0) is 8.48. The van der Waals surface area contributed by atoms with Crippen LogP contribution in [-0.4, -0.2) is 17.1 Å². The lowest BCUT2D eigenvalue weighted by Gasteiger charge is -2.01. The predicted octanol–water partition coefficient (Wildman–Crippen LogP) is 1.51. The monoisotopic (exact) mass is 183 g/mol. The standard InChI is InChI=1S/C5H4ClF2NO2/c6-5(7,8)4(10)11-9-3-1-2-3/h1-2H2. The average molecular weight is 184 g/mol. The molecule has 0 unspecified atom stereocenters. The highest BCUT2D eigenvalue weighted by molar-refractivity contribution is 6.31. The molecule has 1 aliphatic carbocycles. The Kier molecular flexibility index (Phi) is 2.08. The number of hydrogen-bond donors (Lipinski definition) is 0. The largest absolute Gasteiger partial charge is 0.420 e. The molecule has 1 rings (SSSR count). The zero-order valence-corrected chi connectivity index (χ0v) is 6.07. The topological polar surface area (TPSA) is 38.7 Å². The molecule has 1 saturated carbocycles. The Balaban J connectivity index is 2.37. The molecule has 0 heterocycles. The van der Waals surface area contributed by atoms with Gasteiger partial charge in [0.2, 0.25) is 0 Å². The molecule has 6 heteroatoms. The molecule has 62 valence electrons. The fourth-order valence-electron chi connectivity index (χ4n) is 0.305. The molecule has 0 bridgehead atoms. The van der Waals surface area contributed by atoms with E-state index in [9.17, 15) is 13.6 Å². The van der Waals surface area contributed by atoms with Gasteiger partial charge in [0.15, 0.2) is 0 Å². The first kappa shape index (κ1) is 8.39. The fourth-order valence-corrected chi connectivity index (χ4v) is 0.339. The Bertz CT molecular complexity index is 205. The molecule has 1 fully saturated rings. The molecule has 0 radical (unpaired) electrons. The molecule has 0 saturated heterocycles. The second kappa shape index (κ2) is 2.73. The van der Waals surface area contributed by atoms with Crippen LogP contribution < -0.4 is 0 Å². The Morgan fingerprint density at radius 3 is 2.55 bits per heavy atom. The molecule has 11 heavy (non-hydrogen) atoms. The van der Waals surface area contributed by atoms with Gasteiger partial charge >= 0.3 is 11.4 Å². The van der Waals surface area contributed by atoms with Crippen LogP contribution in [0.4, 0.5) is 8.78 Å². The van der Waals surface area contributed by atoms with Crippen molar-refractivity contribution in [2.75, 3.05) is 0 Å². The normalized spacial score (nSPS) is 16.1. The first-order valence-corrected chi connectivity index (χ1v) is 3.22. The minimum Gasteiger partial charge on any atom is -0.310 e. The van der Waals surface area contributed by atoms with Crippen LogP contribution in [0.25, 0.3) is 0 Å². The van der Waals surface area contributed by atoms with Crippen molar-refractivity contribution >= 4 is 23.3 Å². The number of rotatable bonds is 2. The zero-order valence-electron chi connectivity index (χ0n) is 5.31. The van der Waals surface area contributed by atoms with Crippen molar-refractivity contribution in [3.05, 3.63) is 0 Å². The van der Waals surface area contributed by atoms with Gasteiger partial charge in [0.25, 0.3) is 0 Å². The van der Waals surface area contributed by atoms with Crippen LogP contribution in [0.1, 0.15) is 12.8 Å². The van der Waals surface area contributed by atoms with Crippen molar-refractivity contribution in [1.82, 2.24) is 0 Å². The maximum Gasteiger partial charge on any atom is 0.420 e. The molecular weight excluding hydrogens is 180 g/mol. The lowest BCUT2D eigenvalue weighted by Crippen LogP contribution is -2.22.